The third-order valence-corrected chi connectivity index (χ3v) is 12.4. The van der Waals surface area contributed by atoms with Crippen molar-refractivity contribution in [3.8, 4) is 11.1 Å². The number of aliphatic hydroxyl groups is 1. The lowest BCUT2D eigenvalue weighted by Crippen LogP contribution is -2.62. The highest BCUT2D eigenvalue weighted by Crippen LogP contribution is 2.61. The lowest BCUT2D eigenvalue weighted by molar-refractivity contribution is -0.175. The maximum Gasteiger partial charge on any atom is 0.251 e. The van der Waals surface area contributed by atoms with Crippen LogP contribution in [0.5, 0.6) is 0 Å². The third-order valence-electron chi connectivity index (χ3n) is 12.4. The standard InChI is InChI=1S/C42H57N5O4/c1-25-29(14-11-15-34(25)30-18-31(20-33(19-30)46(6)7)40(49)44-17-16-28-12-9-8-10-13-28)24-47-39(38(27(3)48)37(23-43)51-47)41(50)45-36-22-32-21-35(26(36)2)42(32,4)5/h8-15,18-20,26-27,32,35-39,48H,16-17,21-24,43H2,1-7H3,(H,44,49)(H,45,50)/t26-,27-,32+,35-,36-,37-,38+,39-/m0/s1. The molecule has 3 aromatic carbocycles. The summed E-state index contributed by atoms with van der Waals surface area (Å²) in [7, 11) is 3.94. The van der Waals surface area contributed by atoms with Crippen molar-refractivity contribution in [3.05, 3.63) is 89.0 Å². The molecule has 9 heteroatoms. The average molecular weight is 696 g/mol. The smallest absolute Gasteiger partial charge is 0.251 e. The molecule has 2 amide bonds. The van der Waals surface area contributed by atoms with Crippen molar-refractivity contribution in [3.63, 3.8) is 0 Å². The summed E-state index contributed by atoms with van der Waals surface area (Å²) in [5.74, 6) is 0.897. The van der Waals surface area contributed by atoms with Crippen molar-refractivity contribution < 1.29 is 19.5 Å². The number of nitrogens with zero attached hydrogens (tertiary/aromatic N) is 2. The van der Waals surface area contributed by atoms with Crippen molar-refractivity contribution in [2.45, 2.75) is 84.7 Å². The summed E-state index contributed by atoms with van der Waals surface area (Å²) in [6.07, 6.45) is 1.70. The minimum Gasteiger partial charge on any atom is -0.393 e. The maximum atomic E-state index is 14.2. The van der Waals surface area contributed by atoms with Gasteiger partial charge < -0.3 is 26.4 Å². The largest absolute Gasteiger partial charge is 0.393 e. The number of hydrogen-bond donors (Lipinski definition) is 4. The van der Waals surface area contributed by atoms with Crippen LogP contribution < -0.4 is 21.3 Å². The zero-order valence-corrected chi connectivity index (χ0v) is 31.4. The van der Waals surface area contributed by atoms with Gasteiger partial charge in [0.2, 0.25) is 5.91 Å². The lowest BCUT2D eigenvalue weighted by Gasteiger charge is -2.62. The molecule has 5 N–H and O–H groups in total. The SMILES string of the molecule is Cc1c(CN2O[C@@H](CN)[C@@H]([C@H](C)O)[C@H]2C(=O)N[C@H]2C[C@H]3C[C@@H]([C@@H]2C)C3(C)C)cccc1-c1cc(C(=O)NCCc2ccccc2)cc(N(C)C)c1. The Labute approximate surface area is 303 Å². The number of fused-ring (bicyclic) bond motifs is 2. The number of benzene rings is 3. The van der Waals surface area contributed by atoms with Crippen LogP contribution in [0.25, 0.3) is 11.1 Å². The van der Waals surface area contributed by atoms with E-state index >= 15 is 0 Å². The first-order chi connectivity index (χ1) is 24.3. The molecule has 1 saturated heterocycles. The molecule has 274 valence electrons. The van der Waals surface area contributed by atoms with E-state index in [0.717, 1.165) is 40.8 Å². The normalized spacial score (nSPS) is 27.4. The van der Waals surface area contributed by atoms with Gasteiger partial charge in [0.1, 0.15) is 6.04 Å². The van der Waals surface area contributed by atoms with Crippen molar-refractivity contribution in [1.82, 2.24) is 15.7 Å². The van der Waals surface area contributed by atoms with Crippen molar-refractivity contribution >= 4 is 17.5 Å². The van der Waals surface area contributed by atoms with Gasteiger partial charge >= 0.3 is 0 Å². The van der Waals surface area contributed by atoms with Crippen molar-refractivity contribution in [2.75, 3.05) is 32.1 Å². The van der Waals surface area contributed by atoms with Crippen LogP contribution in [0.4, 0.5) is 5.69 Å². The molecule has 1 aliphatic heterocycles. The number of nitrogens with one attached hydrogen (secondary N) is 2. The summed E-state index contributed by atoms with van der Waals surface area (Å²) in [6, 6.07) is 21.6. The van der Waals surface area contributed by atoms with Crippen molar-refractivity contribution in [2.24, 2.45) is 34.8 Å². The zero-order valence-electron chi connectivity index (χ0n) is 31.4. The summed E-state index contributed by atoms with van der Waals surface area (Å²) in [6.45, 7) is 11.9. The van der Waals surface area contributed by atoms with Crippen LogP contribution in [0, 0.1) is 36.0 Å². The number of hydroxylamine groups is 2. The molecule has 3 aliphatic carbocycles. The highest BCUT2D eigenvalue weighted by atomic mass is 16.7. The number of anilines is 1. The topological polar surface area (TPSA) is 120 Å². The lowest BCUT2D eigenvalue weighted by atomic mass is 9.45. The minimum absolute atomic E-state index is 0.0986. The Kier molecular flexibility index (Phi) is 10.9. The van der Waals surface area contributed by atoms with Gasteiger partial charge in [-0.05, 0) is 102 Å². The fourth-order valence-electron chi connectivity index (χ4n) is 9.09. The first-order valence-corrected chi connectivity index (χ1v) is 18.7. The summed E-state index contributed by atoms with van der Waals surface area (Å²) >= 11 is 0. The van der Waals surface area contributed by atoms with Gasteiger partial charge in [0.25, 0.3) is 5.91 Å². The summed E-state index contributed by atoms with van der Waals surface area (Å²) in [4.78, 5) is 36.0. The first kappa shape index (κ1) is 37.0. The molecular formula is C42H57N5O4. The number of aliphatic hydroxyl groups excluding tert-OH is 1. The second-order valence-corrected chi connectivity index (χ2v) is 16.0. The van der Waals surface area contributed by atoms with E-state index in [2.05, 4.69) is 68.7 Å². The van der Waals surface area contributed by atoms with E-state index in [1.165, 1.54) is 12.0 Å². The average Bonchev–Trinajstić information content (AvgIpc) is 3.48. The van der Waals surface area contributed by atoms with E-state index < -0.39 is 24.2 Å². The molecule has 1 heterocycles. The van der Waals surface area contributed by atoms with Crippen LogP contribution >= 0.6 is 0 Å². The molecule has 0 spiro atoms. The monoisotopic (exact) mass is 695 g/mol. The highest BCUT2D eigenvalue weighted by Gasteiger charge is 2.57. The summed E-state index contributed by atoms with van der Waals surface area (Å²) in [5, 5.41) is 19.2. The summed E-state index contributed by atoms with van der Waals surface area (Å²) in [5.41, 5.74) is 13.1. The molecule has 3 aromatic rings. The van der Waals surface area contributed by atoms with Crippen LogP contribution in [0.2, 0.25) is 0 Å². The second kappa shape index (κ2) is 15.1. The predicted molar refractivity (Wildman–Crippen MR) is 203 cm³/mol. The minimum atomic E-state index is -0.783. The molecule has 3 saturated carbocycles. The van der Waals surface area contributed by atoms with Gasteiger partial charge in [-0.15, -0.1) is 0 Å². The van der Waals surface area contributed by atoms with E-state index in [-0.39, 0.29) is 24.4 Å². The molecule has 2 bridgehead atoms. The van der Waals surface area contributed by atoms with Gasteiger partial charge in [0.05, 0.1) is 18.8 Å². The third kappa shape index (κ3) is 7.45. The Morgan fingerprint density at radius 1 is 1.08 bits per heavy atom. The first-order valence-electron chi connectivity index (χ1n) is 18.7. The van der Waals surface area contributed by atoms with Crippen LogP contribution in [0.1, 0.15) is 67.6 Å². The second-order valence-electron chi connectivity index (χ2n) is 16.0. The Hall–Kier alpha value is -3.76. The molecule has 8 atom stereocenters. The quantitative estimate of drug-likeness (QED) is 0.202. The number of carbonyl (C=O) groups is 2. The number of amides is 2. The Morgan fingerprint density at radius 3 is 2.47 bits per heavy atom. The molecular weight excluding hydrogens is 638 g/mol. The van der Waals surface area contributed by atoms with Gasteiger partial charge in [-0.25, -0.2) is 0 Å². The number of hydrogen-bond acceptors (Lipinski definition) is 7. The van der Waals surface area contributed by atoms with E-state index in [1.54, 1.807) is 12.0 Å². The van der Waals surface area contributed by atoms with E-state index in [0.29, 0.717) is 41.8 Å². The Bertz CT molecular complexity index is 1710. The molecule has 9 nitrogen and oxygen atoms in total. The van der Waals surface area contributed by atoms with Crippen molar-refractivity contribution in [1.29, 1.82) is 0 Å². The molecule has 0 unspecified atom stereocenters. The predicted octanol–water partition coefficient (Wildman–Crippen LogP) is 5.33. The van der Waals surface area contributed by atoms with E-state index in [4.69, 9.17) is 10.6 Å². The van der Waals surface area contributed by atoms with Gasteiger partial charge in [0, 0.05) is 50.4 Å². The van der Waals surface area contributed by atoms with Gasteiger partial charge in [-0.1, -0.05) is 69.3 Å². The fourth-order valence-corrected chi connectivity index (χ4v) is 9.09. The maximum absolute atomic E-state index is 14.2. The highest BCUT2D eigenvalue weighted by molar-refractivity contribution is 5.97. The summed E-state index contributed by atoms with van der Waals surface area (Å²) < 4.78 is 0. The van der Waals surface area contributed by atoms with Gasteiger partial charge in [-0.3, -0.25) is 14.4 Å². The Morgan fingerprint density at radius 2 is 1.82 bits per heavy atom. The van der Waals surface area contributed by atoms with Gasteiger partial charge in [-0.2, -0.15) is 5.06 Å². The molecule has 51 heavy (non-hydrogen) atoms. The molecule has 4 aliphatic rings. The number of carbonyl (C=O) groups excluding carboxylic acids is 2. The Balaban J connectivity index is 1.24. The zero-order chi connectivity index (χ0) is 36.6. The molecule has 0 radical (unpaired) electrons. The number of nitrogens with two attached hydrogens (primary N) is 1. The molecule has 4 fully saturated rings. The number of rotatable bonds is 12. The van der Waals surface area contributed by atoms with Crippen LogP contribution in [0.3, 0.4) is 0 Å². The van der Waals surface area contributed by atoms with Gasteiger partial charge in [0.15, 0.2) is 0 Å². The van der Waals surface area contributed by atoms with Crippen LogP contribution in [-0.4, -0.2) is 73.5 Å². The van der Waals surface area contributed by atoms with Crippen LogP contribution in [0.15, 0.2) is 66.7 Å². The van der Waals surface area contributed by atoms with E-state index in [9.17, 15) is 14.7 Å². The molecule has 7 rings (SSSR count). The molecule has 0 aromatic heterocycles. The fraction of sp³-hybridized carbons (Fsp3) is 0.524. The van der Waals surface area contributed by atoms with E-state index in [1.807, 2.05) is 55.4 Å². The van der Waals surface area contributed by atoms with Crippen LogP contribution in [-0.2, 0) is 22.6 Å².